The second kappa shape index (κ2) is 4.81. The van der Waals surface area contributed by atoms with E-state index in [9.17, 15) is 9.59 Å². The van der Waals surface area contributed by atoms with Gasteiger partial charge in [0.05, 0.1) is 30.1 Å². The number of primary amides is 1. The average molecular weight is 260 g/mol. The van der Waals surface area contributed by atoms with E-state index in [0.717, 1.165) is 0 Å². The van der Waals surface area contributed by atoms with Crippen LogP contribution in [0.25, 0.3) is 5.69 Å². The molecule has 0 unspecified atom stereocenters. The van der Waals surface area contributed by atoms with Crippen molar-refractivity contribution in [3.05, 3.63) is 41.7 Å². The smallest absolute Gasteiger partial charge is 0.340 e. The Labute approximate surface area is 108 Å². The summed E-state index contributed by atoms with van der Waals surface area (Å²) in [6.07, 6.45) is 2.70. The number of esters is 1. The number of nitrogens with two attached hydrogens (primary N) is 2. The summed E-state index contributed by atoms with van der Waals surface area (Å²) in [6.45, 7) is 0. The molecule has 1 heterocycles. The molecule has 1 amide bonds. The molecular weight excluding hydrogens is 248 g/mol. The Hall–Kier alpha value is -2.83. The van der Waals surface area contributed by atoms with Crippen molar-refractivity contribution in [2.45, 2.75) is 0 Å². The molecule has 4 N–H and O–H groups in total. The van der Waals surface area contributed by atoms with Crippen LogP contribution in [0, 0.1) is 0 Å². The summed E-state index contributed by atoms with van der Waals surface area (Å²) in [6, 6.07) is 4.81. The highest BCUT2D eigenvalue weighted by atomic mass is 16.5. The second-order valence-corrected chi connectivity index (χ2v) is 3.77. The van der Waals surface area contributed by atoms with E-state index in [4.69, 9.17) is 11.5 Å². The van der Waals surface area contributed by atoms with E-state index in [1.165, 1.54) is 24.2 Å². The summed E-state index contributed by atoms with van der Waals surface area (Å²) in [5, 5.41) is 3.97. The molecule has 98 valence electrons. The normalized spacial score (nSPS) is 10.2. The zero-order valence-corrected chi connectivity index (χ0v) is 10.2. The summed E-state index contributed by atoms with van der Waals surface area (Å²) in [5.74, 6) is -1.15. The van der Waals surface area contributed by atoms with Gasteiger partial charge in [-0.15, -0.1) is 0 Å². The van der Waals surface area contributed by atoms with Gasteiger partial charge in [-0.2, -0.15) is 5.10 Å². The standard InChI is InChI=1S/C12H12N4O3/c1-19-12(18)8-3-2-4-9(13)10(8)16-6-7(5-15-16)11(14)17/h2-6H,13H2,1H3,(H2,14,17). The first kappa shape index (κ1) is 12.6. The van der Waals surface area contributed by atoms with Gasteiger partial charge in [0.15, 0.2) is 0 Å². The van der Waals surface area contributed by atoms with E-state index in [0.29, 0.717) is 11.4 Å². The Morgan fingerprint density at radius 1 is 1.37 bits per heavy atom. The number of nitrogen functional groups attached to an aromatic ring is 1. The molecule has 2 aromatic rings. The molecule has 0 aliphatic rings. The monoisotopic (exact) mass is 260 g/mol. The third-order valence-corrected chi connectivity index (χ3v) is 2.57. The van der Waals surface area contributed by atoms with Gasteiger partial charge in [0.25, 0.3) is 5.91 Å². The van der Waals surface area contributed by atoms with E-state index >= 15 is 0 Å². The van der Waals surface area contributed by atoms with E-state index in [1.807, 2.05) is 0 Å². The second-order valence-electron chi connectivity index (χ2n) is 3.77. The van der Waals surface area contributed by atoms with Crippen LogP contribution in [0.4, 0.5) is 5.69 Å². The molecule has 2 rings (SSSR count). The van der Waals surface area contributed by atoms with Crippen molar-refractivity contribution in [1.82, 2.24) is 9.78 Å². The molecule has 19 heavy (non-hydrogen) atoms. The summed E-state index contributed by atoms with van der Waals surface area (Å²) >= 11 is 0. The highest BCUT2D eigenvalue weighted by Gasteiger charge is 2.17. The van der Waals surface area contributed by atoms with Crippen molar-refractivity contribution >= 4 is 17.6 Å². The van der Waals surface area contributed by atoms with Gasteiger partial charge in [0.1, 0.15) is 5.69 Å². The van der Waals surface area contributed by atoms with E-state index in [2.05, 4.69) is 9.84 Å². The van der Waals surface area contributed by atoms with Gasteiger partial charge in [-0.1, -0.05) is 6.07 Å². The fourth-order valence-corrected chi connectivity index (χ4v) is 1.66. The summed E-state index contributed by atoms with van der Waals surface area (Å²) in [5.41, 5.74) is 12.2. The fraction of sp³-hybridized carbons (Fsp3) is 0.0833. The van der Waals surface area contributed by atoms with Crippen molar-refractivity contribution in [3.8, 4) is 5.69 Å². The molecule has 0 spiro atoms. The topological polar surface area (TPSA) is 113 Å². The van der Waals surface area contributed by atoms with E-state index < -0.39 is 11.9 Å². The minimum Gasteiger partial charge on any atom is -0.465 e. The van der Waals surface area contributed by atoms with Crippen LogP contribution in [0.2, 0.25) is 0 Å². The van der Waals surface area contributed by atoms with Crippen LogP contribution in [-0.4, -0.2) is 28.8 Å². The number of methoxy groups -OCH3 is 1. The number of rotatable bonds is 3. The quantitative estimate of drug-likeness (QED) is 0.610. The molecule has 0 saturated heterocycles. The van der Waals surface area contributed by atoms with Gasteiger partial charge in [0.2, 0.25) is 0 Å². The molecular formula is C12H12N4O3. The molecule has 7 heteroatoms. The maximum absolute atomic E-state index is 11.7. The lowest BCUT2D eigenvalue weighted by atomic mass is 10.1. The Morgan fingerprint density at radius 3 is 2.68 bits per heavy atom. The number of benzene rings is 1. The van der Waals surface area contributed by atoms with Crippen LogP contribution in [0.5, 0.6) is 0 Å². The molecule has 1 aromatic carbocycles. The van der Waals surface area contributed by atoms with Crippen LogP contribution in [0.15, 0.2) is 30.6 Å². The van der Waals surface area contributed by atoms with E-state index in [1.54, 1.807) is 18.2 Å². The Balaban J connectivity index is 2.59. The molecule has 0 aliphatic heterocycles. The maximum atomic E-state index is 11.7. The van der Waals surface area contributed by atoms with Crippen LogP contribution in [-0.2, 0) is 4.74 Å². The van der Waals surface area contributed by atoms with Crippen LogP contribution in [0.3, 0.4) is 0 Å². The number of anilines is 1. The molecule has 0 bridgehead atoms. The summed E-state index contributed by atoms with van der Waals surface area (Å²) < 4.78 is 6.00. The lowest BCUT2D eigenvalue weighted by Crippen LogP contribution is -2.11. The number of ether oxygens (including phenoxy) is 1. The zero-order chi connectivity index (χ0) is 14.0. The first-order chi connectivity index (χ1) is 9.04. The maximum Gasteiger partial charge on any atom is 0.340 e. The van der Waals surface area contributed by atoms with Gasteiger partial charge in [-0.05, 0) is 12.1 Å². The first-order valence-corrected chi connectivity index (χ1v) is 5.36. The van der Waals surface area contributed by atoms with Crippen molar-refractivity contribution in [3.63, 3.8) is 0 Å². The lowest BCUT2D eigenvalue weighted by molar-refractivity contribution is 0.0600. The Bertz CT molecular complexity index is 648. The molecule has 7 nitrogen and oxygen atoms in total. The van der Waals surface area contributed by atoms with Gasteiger partial charge in [-0.25, -0.2) is 9.48 Å². The van der Waals surface area contributed by atoms with Gasteiger partial charge in [0, 0.05) is 6.20 Å². The molecule has 1 aromatic heterocycles. The predicted octanol–water partition coefficient (Wildman–Crippen LogP) is 0.340. The third kappa shape index (κ3) is 2.25. The Kier molecular flexibility index (Phi) is 3.19. The van der Waals surface area contributed by atoms with Gasteiger partial charge >= 0.3 is 5.97 Å². The van der Waals surface area contributed by atoms with Gasteiger partial charge < -0.3 is 16.2 Å². The minimum absolute atomic E-state index is 0.221. The zero-order valence-electron chi connectivity index (χ0n) is 10.2. The first-order valence-electron chi connectivity index (χ1n) is 5.36. The highest BCUT2D eigenvalue weighted by molar-refractivity contribution is 5.96. The van der Waals surface area contributed by atoms with Crippen molar-refractivity contribution in [1.29, 1.82) is 0 Å². The number of hydrogen-bond donors (Lipinski definition) is 2. The number of aromatic nitrogens is 2. The molecule has 0 atom stereocenters. The average Bonchev–Trinajstić information content (AvgIpc) is 2.87. The highest BCUT2D eigenvalue weighted by Crippen LogP contribution is 2.22. The largest absolute Gasteiger partial charge is 0.465 e. The van der Waals surface area contributed by atoms with Crippen molar-refractivity contribution in [2.24, 2.45) is 5.73 Å². The molecule has 0 aliphatic carbocycles. The number of carbonyl (C=O) groups is 2. The molecule has 0 fully saturated rings. The molecule has 0 saturated carbocycles. The van der Waals surface area contributed by atoms with Crippen LogP contribution < -0.4 is 11.5 Å². The van der Waals surface area contributed by atoms with Gasteiger partial charge in [-0.3, -0.25) is 4.79 Å². The van der Waals surface area contributed by atoms with Crippen molar-refractivity contribution < 1.29 is 14.3 Å². The van der Waals surface area contributed by atoms with Crippen molar-refractivity contribution in [2.75, 3.05) is 12.8 Å². The SMILES string of the molecule is COC(=O)c1cccc(N)c1-n1cc(C(N)=O)cn1. The third-order valence-electron chi connectivity index (χ3n) is 2.57. The Morgan fingerprint density at radius 2 is 2.11 bits per heavy atom. The number of hydrogen-bond acceptors (Lipinski definition) is 5. The van der Waals surface area contributed by atoms with Crippen LogP contribution >= 0.6 is 0 Å². The summed E-state index contributed by atoms with van der Waals surface area (Å²) in [4.78, 5) is 22.7. The van der Waals surface area contributed by atoms with E-state index in [-0.39, 0.29) is 11.1 Å². The fourth-order valence-electron chi connectivity index (χ4n) is 1.66. The number of nitrogens with zero attached hydrogens (tertiary/aromatic N) is 2. The number of carbonyl (C=O) groups excluding carboxylic acids is 2. The summed E-state index contributed by atoms with van der Waals surface area (Å²) in [7, 11) is 1.27. The predicted molar refractivity (Wildman–Crippen MR) is 67.8 cm³/mol. The number of para-hydroxylation sites is 1. The van der Waals surface area contributed by atoms with Crippen LogP contribution in [0.1, 0.15) is 20.7 Å². The lowest BCUT2D eigenvalue weighted by Gasteiger charge is -2.10. The molecule has 0 radical (unpaired) electrons. The minimum atomic E-state index is -0.611. The number of amides is 1.